The lowest BCUT2D eigenvalue weighted by Crippen LogP contribution is -2.40. The van der Waals surface area contributed by atoms with Crippen LogP contribution in [-0.4, -0.2) is 99.1 Å². The molecule has 1 saturated heterocycles. The summed E-state index contributed by atoms with van der Waals surface area (Å²) in [5.74, 6) is 2.24. The number of hydrogen-bond donors (Lipinski definition) is 1. The molecule has 1 atom stereocenters. The van der Waals surface area contributed by atoms with Crippen LogP contribution in [0.3, 0.4) is 0 Å². The molecule has 1 amide bonds. The van der Waals surface area contributed by atoms with Crippen LogP contribution in [0.1, 0.15) is 54.4 Å². The fraction of sp³-hybridized carbons (Fsp3) is 0.474. The van der Waals surface area contributed by atoms with Gasteiger partial charge in [-0.15, -0.1) is 0 Å². The van der Waals surface area contributed by atoms with Crippen LogP contribution in [0.2, 0.25) is 5.02 Å². The Morgan fingerprint density at radius 3 is 2.39 bits per heavy atom. The van der Waals surface area contributed by atoms with Crippen molar-refractivity contribution in [2.24, 2.45) is 0 Å². The summed E-state index contributed by atoms with van der Waals surface area (Å²) >= 11 is 6.44. The predicted octanol–water partition coefficient (Wildman–Crippen LogP) is 6.96. The Labute approximate surface area is 295 Å². The minimum atomic E-state index is -0.124. The normalized spacial score (nSPS) is 14.5. The minimum Gasteiger partial charge on any atom is -0.493 e. The molecule has 10 nitrogen and oxygen atoms in total. The van der Waals surface area contributed by atoms with Crippen molar-refractivity contribution >= 4 is 34.5 Å². The van der Waals surface area contributed by atoms with Crippen molar-refractivity contribution in [3.05, 3.63) is 76.8 Å². The lowest BCUT2D eigenvalue weighted by molar-refractivity contribution is 0.0781. The lowest BCUT2D eigenvalue weighted by atomic mass is 9.94. The highest BCUT2D eigenvalue weighted by Crippen LogP contribution is 2.38. The number of carbonyl (C=O) groups excluding carboxylic acids is 1. The number of piperidine rings is 1. The van der Waals surface area contributed by atoms with E-state index in [9.17, 15) is 4.79 Å². The van der Waals surface area contributed by atoms with Crippen LogP contribution in [0, 0.1) is 0 Å². The molecule has 11 heteroatoms. The first kappa shape index (κ1) is 36.3. The van der Waals surface area contributed by atoms with Gasteiger partial charge in [0.25, 0.3) is 5.91 Å². The van der Waals surface area contributed by atoms with Gasteiger partial charge >= 0.3 is 0 Å². The molecule has 1 N–H and O–H groups in total. The van der Waals surface area contributed by atoms with Crippen molar-refractivity contribution in [3.63, 3.8) is 0 Å². The second-order valence-electron chi connectivity index (χ2n) is 12.6. The number of halogens is 1. The Morgan fingerprint density at radius 1 is 0.980 bits per heavy atom. The van der Waals surface area contributed by atoms with Gasteiger partial charge in [-0.2, -0.15) is 0 Å². The Morgan fingerprint density at radius 2 is 1.71 bits per heavy atom. The molecular formula is C38H50ClN5O5. The SMILES string of the molecule is CCCOCCn1c(NC2CCN(CCC(CN(C)C(=O)c3cc(OC)c(OC)c(OC)c3)c3cccc(Cl)c3)CC2)nc2ccccc21. The maximum Gasteiger partial charge on any atom is 0.253 e. The number of rotatable bonds is 17. The summed E-state index contributed by atoms with van der Waals surface area (Å²) < 4.78 is 24.5. The number of benzene rings is 3. The van der Waals surface area contributed by atoms with Crippen LogP contribution in [0.5, 0.6) is 17.2 Å². The number of fused-ring (bicyclic) bond motifs is 1. The van der Waals surface area contributed by atoms with Crippen LogP contribution >= 0.6 is 11.6 Å². The molecule has 0 aliphatic carbocycles. The number of hydrogen-bond acceptors (Lipinski definition) is 8. The first-order valence-corrected chi connectivity index (χ1v) is 17.6. The average Bonchev–Trinajstić information content (AvgIpc) is 3.47. The van der Waals surface area contributed by atoms with Crippen molar-refractivity contribution < 1.29 is 23.7 Å². The molecule has 264 valence electrons. The van der Waals surface area contributed by atoms with E-state index in [1.807, 2.05) is 31.3 Å². The number of nitrogens with one attached hydrogen (secondary N) is 1. The van der Waals surface area contributed by atoms with E-state index in [-0.39, 0.29) is 11.8 Å². The summed E-state index contributed by atoms with van der Waals surface area (Å²) in [5, 5.41) is 4.45. The molecule has 1 fully saturated rings. The topological polar surface area (TPSA) is 90.3 Å². The second-order valence-corrected chi connectivity index (χ2v) is 13.0. The van der Waals surface area contributed by atoms with Gasteiger partial charge in [0.15, 0.2) is 11.5 Å². The Hall–Kier alpha value is -3.99. The van der Waals surface area contributed by atoms with Gasteiger partial charge in [0.05, 0.1) is 39.0 Å². The van der Waals surface area contributed by atoms with E-state index < -0.39 is 0 Å². The first-order chi connectivity index (χ1) is 23.8. The van der Waals surface area contributed by atoms with Gasteiger partial charge < -0.3 is 38.6 Å². The summed E-state index contributed by atoms with van der Waals surface area (Å²) in [7, 11) is 6.48. The number of aromatic nitrogens is 2. The zero-order chi connectivity index (χ0) is 34.8. The van der Waals surface area contributed by atoms with Crippen molar-refractivity contribution in [2.75, 3.05) is 73.1 Å². The van der Waals surface area contributed by atoms with E-state index in [2.05, 4.69) is 46.0 Å². The smallest absolute Gasteiger partial charge is 0.253 e. The zero-order valence-corrected chi connectivity index (χ0v) is 30.2. The van der Waals surface area contributed by atoms with Gasteiger partial charge in [0, 0.05) is 62.4 Å². The van der Waals surface area contributed by atoms with Gasteiger partial charge in [-0.1, -0.05) is 42.8 Å². The van der Waals surface area contributed by atoms with Crippen LogP contribution in [0.15, 0.2) is 60.7 Å². The van der Waals surface area contributed by atoms with Crippen molar-refractivity contribution in [3.8, 4) is 17.2 Å². The van der Waals surface area contributed by atoms with E-state index in [1.165, 1.54) is 0 Å². The molecule has 2 heterocycles. The number of imidazole rings is 1. The van der Waals surface area contributed by atoms with E-state index >= 15 is 0 Å². The highest BCUT2D eigenvalue weighted by atomic mass is 35.5. The second kappa shape index (κ2) is 17.6. The predicted molar refractivity (Wildman–Crippen MR) is 196 cm³/mol. The van der Waals surface area contributed by atoms with Crippen molar-refractivity contribution in [1.82, 2.24) is 19.4 Å². The third-order valence-corrected chi connectivity index (χ3v) is 9.48. The number of carbonyl (C=O) groups is 1. The van der Waals surface area contributed by atoms with E-state index in [4.69, 9.17) is 35.5 Å². The number of ether oxygens (including phenoxy) is 4. The van der Waals surface area contributed by atoms with Gasteiger partial charge in [-0.05, 0) is 74.2 Å². The summed E-state index contributed by atoms with van der Waals surface area (Å²) in [4.78, 5) is 22.9. The first-order valence-electron chi connectivity index (χ1n) is 17.2. The largest absolute Gasteiger partial charge is 0.493 e. The fourth-order valence-electron chi connectivity index (χ4n) is 6.60. The monoisotopic (exact) mass is 691 g/mol. The summed E-state index contributed by atoms with van der Waals surface area (Å²) in [6, 6.07) is 20.0. The van der Waals surface area contributed by atoms with Crippen LogP contribution < -0.4 is 19.5 Å². The summed E-state index contributed by atoms with van der Waals surface area (Å²) in [6.07, 6.45) is 3.95. The Balaban J connectivity index is 1.21. The molecular weight excluding hydrogens is 642 g/mol. The Kier molecular flexibility index (Phi) is 13.0. The zero-order valence-electron chi connectivity index (χ0n) is 29.4. The van der Waals surface area contributed by atoms with Crippen molar-refractivity contribution in [1.29, 1.82) is 0 Å². The number of para-hydroxylation sites is 2. The molecule has 0 spiro atoms. The van der Waals surface area contributed by atoms with Crippen LogP contribution in [0.25, 0.3) is 11.0 Å². The summed E-state index contributed by atoms with van der Waals surface area (Å²) in [6.45, 7) is 7.76. The quantitative estimate of drug-likeness (QED) is 0.119. The van der Waals surface area contributed by atoms with Crippen LogP contribution in [-0.2, 0) is 11.3 Å². The van der Waals surface area contributed by atoms with Gasteiger partial charge in [0.1, 0.15) is 0 Å². The molecule has 0 bridgehead atoms. The fourth-order valence-corrected chi connectivity index (χ4v) is 6.80. The number of likely N-dealkylation sites (tertiary alicyclic amines) is 1. The number of methoxy groups -OCH3 is 3. The third-order valence-electron chi connectivity index (χ3n) is 9.25. The van der Waals surface area contributed by atoms with Gasteiger partial charge in [0.2, 0.25) is 11.7 Å². The average molecular weight is 692 g/mol. The minimum absolute atomic E-state index is 0.0976. The van der Waals surface area contributed by atoms with Gasteiger partial charge in [-0.25, -0.2) is 4.98 Å². The molecule has 5 rings (SSSR count). The van der Waals surface area contributed by atoms with E-state index in [0.717, 1.165) is 81.0 Å². The Bertz CT molecular complexity index is 1650. The molecule has 3 aromatic carbocycles. The number of nitrogens with zero attached hydrogens (tertiary/aromatic N) is 4. The number of anilines is 1. The standard InChI is InChI=1S/C38H50ClN5O5/c1-6-21-49-22-20-44-33-13-8-7-12-32(33)41-38(44)40-31-15-18-43(19-16-31)17-14-28(27-10-9-11-30(39)23-27)26-42(2)37(45)29-24-34(46-3)36(48-5)35(25-29)47-4/h7-13,23-25,28,31H,6,14-22,26H2,1-5H3,(H,40,41). The van der Waals surface area contributed by atoms with Crippen molar-refractivity contribution in [2.45, 2.75) is 51.1 Å². The third kappa shape index (κ3) is 9.17. The lowest BCUT2D eigenvalue weighted by Gasteiger charge is -2.34. The molecule has 1 unspecified atom stereocenters. The summed E-state index contributed by atoms with van der Waals surface area (Å²) in [5.41, 5.74) is 3.72. The highest BCUT2D eigenvalue weighted by molar-refractivity contribution is 6.30. The molecule has 0 saturated carbocycles. The molecule has 1 aromatic heterocycles. The molecule has 49 heavy (non-hydrogen) atoms. The molecule has 1 aliphatic rings. The van der Waals surface area contributed by atoms with E-state index in [1.54, 1.807) is 38.4 Å². The molecule has 1 aliphatic heterocycles. The highest BCUT2D eigenvalue weighted by Gasteiger charge is 2.25. The van der Waals surface area contributed by atoms with Crippen LogP contribution in [0.4, 0.5) is 5.95 Å². The molecule has 0 radical (unpaired) electrons. The maximum atomic E-state index is 13.7. The number of amides is 1. The van der Waals surface area contributed by atoms with E-state index in [0.29, 0.717) is 47.0 Å². The number of likely N-dealkylation sites (N-methyl/N-ethyl adjacent to an activating group) is 1. The maximum absolute atomic E-state index is 13.7. The molecule has 4 aromatic rings. The van der Waals surface area contributed by atoms with Gasteiger partial charge in [-0.3, -0.25) is 4.79 Å².